The van der Waals surface area contributed by atoms with Crippen molar-refractivity contribution >= 4 is 76.1 Å². The summed E-state index contributed by atoms with van der Waals surface area (Å²) >= 11 is 3.94. The molecule has 2 aliphatic carbocycles. The Morgan fingerprint density at radius 3 is 2.25 bits per heavy atom. The molecule has 2 unspecified atom stereocenters. The lowest BCUT2D eigenvalue weighted by Crippen LogP contribution is -2.53. The zero-order valence-corrected chi connectivity index (χ0v) is 32.4. The van der Waals surface area contributed by atoms with Crippen molar-refractivity contribution in [2.24, 2.45) is 0 Å². The van der Waals surface area contributed by atoms with Gasteiger partial charge in [0.1, 0.15) is 0 Å². The van der Waals surface area contributed by atoms with Crippen LogP contribution in [0.15, 0.2) is 184 Å². The molecule has 6 aliphatic rings. The molecule has 0 bridgehead atoms. The number of anilines is 7. The van der Waals surface area contributed by atoms with Crippen molar-refractivity contribution in [3.63, 3.8) is 0 Å². The zero-order valence-electron chi connectivity index (χ0n) is 30.7. The SMILES string of the molecule is Cc1cccc2c1N(c1cc(-c3ccc(N4c5ccccc5Oc5ccccc54)cc3)cc3c1[B]C1=CC=CC4Sc5ccccc5N3C14)C1=C(CCC=C1)S2. The second-order valence-electron chi connectivity index (χ2n) is 15.0. The third kappa shape index (κ3) is 4.90. The number of rotatable bonds is 3. The summed E-state index contributed by atoms with van der Waals surface area (Å²) in [5.74, 6) is 1.71. The molecule has 0 spiro atoms. The maximum absolute atomic E-state index is 6.34. The van der Waals surface area contributed by atoms with Crippen LogP contribution in [0, 0.1) is 6.92 Å². The lowest BCUT2D eigenvalue weighted by Gasteiger charge is -2.49. The molecule has 12 rings (SSSR count). The summed E-state index contributed by atoms with van der Waals surface area (Å²) in [6, 6.07) is 46.5. The number of thioether (sulfide) groups is 2. The van der Waals surface area contributed by atoms with Crippen LogP contribution in [0.3, 0.4) is 0 Å². The summed E-state index contributed by atoms with van der Waals surface area (Å²) in [6.07, 6.45) is 13.8. The van der Waals surface area contributed by atoms with E-state index in [0.29, 0.717) is 5.25 Å². The van der Waals surface area contributed by atoms with Gasteiger partial charge < -0.3 is 19.4 Å². The van der Waals surface area contributed by atoms with Gasteiger partial charge >= 0.3 is 0 Å². The minimum atomic E-state index is 0.217. The fourth-order valence-corrected chi connectivity index (χ4v) is 11.8. The number of hydrogen-bond acceptors (Lipinski definition) is 6. The summed E-state index contributed by atoms with van der Waals surface area (Å²) in [5, 5.41) is 0.324. The van der Waals surface area contributed by atoms with Gasteiger partial charge in [-0.1, -0.05) is 102 Å². The number of hydrogen-bond donors (Lipinski definition) is 0. The first-order valence-electron chi connectivity index (χ1n) is 19.4. The molecule has 4 aliphatic heterocycles. The molecule has 6 aromatic carbocycles. The molecule has 0 saturated carbocycles. The van der Waals surface area contributed by atoms with Crippen molar-refractivity contribution in [2.75, 3.05) is 14.7 Å². The Morgan fingerprint density at radius 2 is 1.43 bits per heavy atom. The monoisotopic (exact) mass is 756 g/mol. The molecule has 0 amide bonds. The van der Waals surface area contributed by atoms with Gasteiger partial charge in [-0.2, -0.15) is 0 Å². The molecule has 0 saturated heterocycles. The van der Waals surface area contributed by atoms with Gasteiger partial charge in [-0.3, -0.25) is 0 Å². The number of fused-ring (bicyclic) bond motifs is 7. The Balaban J connectivity index is 1.08. The first kappa shape index (κ1) is 32.5. The standard InChI is InChI=1S/C49H35BN3OS2/c1-30-12-10-22-45-48(30)52(37-16-4-8-20-43(37)55-45)39-28-32(29-40-47(39)50-34-13-11-23-46-49(34)53(40)38-17-5-9-21-44(38)56-46)31-24-26-33(27-25-31)51-35-14-2-6-18-41(35)54-42-19-7-3-15-36(42)51/h2-7,9-19,21-29,46,49H,8,20H2,1H3. The van der Waals surface area contributed by atoms with Crippen LogP contribution in [0.2, 0.25) is 0 Å². The first-order valence-corrected chi connectivity index (χ1v) is 21.1. The van der Waals surface area contributed by atoms with E-state index in [9.17, 15) is 0 Å². The van der Waals surface area contributed by atoms with E-state index >= 15 is 0 Å². The second kappa shape index (κ2) is 12.6. The van der Waals surface area contributed by atoms with Crippen molar-refractivity contribution in [3.8, 4) is 22.6 Å². The normalized spacial score (nSPS) is 19.3. The van der Waals surface area contributed by atoms with Crippen LogP contribution in [-0.2, 0) is 0 Å². The lowest BCUT2D eigenvalue weighted by atomic mass is 9.55. The lowest BCUT2D eigenvalue weighted by molar-refractivity contribution is 0.477. The van der Waals surface area contributed by atoms with Gasteiger partial charge in [0.05, 0.1) is 39.7 Å². The molecule has 56 heavy (non-hydrogen) atoms. The molecular formula is C49H35BN3OS2. The van der Waals surface area contributed by atoms with E-state index in [0.717, 1.165) is 41.4 Å². The largest absolute Gasteiger partial charge is 0.453 e. The summed E-state index contributed by atoms with van der Waals surface area (Å²) in [5.41, 5.74) is 15.8. The van der Waals surface area contributed by atoms with Crippen LogP contribution in [0.25, 0.3) is 11.1 Å². The van der Waals surface area contributed by atoms with Gasteiger partial charge in [0, 0.05) is 31.8 Å². The molecule has 0 aromatic heterocycles. The summed E-state index contributed by atoms with van der Waals surface area (Å²) < 4.78 is 6.34. The minimum Gasteiger partial charge on any atom is -0.453 e. The summed E-state index contributed by atoms with van der Waals surface area (Å²) in [7, 11) is 2.49. The van der Waals surface area contributed by atoms with Crippen LogP contribution in [0.5, 0.6) is 11.5 Å². The second-order valence-corrected chi connectivity index (χ2v) is 17.4. The number of nitrogens with zero attached hydrogens (tertiary/aromatic N) is 3. The summed E-state index contributed by atoms with van der Waals surface area (Å²) in [4.78, 5) is 11.6. The van der Waals surface area contributed by atoms with E-state index in [-0.39, 0.29) is 6.04 Å². The van der Waals surface area contributed by atoms with E-state index in [1.165, 1.54) is 70.8 Å². The molecule has 4 heterocycles. The van der Waals surface area contributed by atoms with Crippen molar-refractivity contribution in [3.05, 3.63) is 179 Å². The van der Waals surface area contributed by atoms with Crippen LogP contribution in [0.1, 0.15) is 18.4 Å². The van der Waals surface area contributed by atoms with Crippen LogP contribution in [-0.4, -0.2) is 18.6 Å². The Bertz CT molecular complexity index is 2720. The van der Waals surface area contributed by atoms with Crippen molar-refractivity contribution in [2.45, 2.75) is 40.8 Å². The quantitative estimate of drug-likeness (QED) is 0.166. The van der Waals surface area contributed by atoms with Gasteiger partial charge in [0.25, 0.3) is 0 Å². The van der Waals surface area contributed by atoms with E-state index in [1.807, 2.05) is 47.8 Å². The first-order chi connectivity index (χ1) is 27.7. The third-order valence-electron chi connectivity index (χ3n) is 11.7. The van der Waals surface area contributed by atoms with Crippen molar-refractivity contribution in [1.29, 1.82) is 0 Å². The highest BCUT2D eigenvalue weighted by atomic mass is 32.2. The smallest absolute Gasteiger partial charge is 0.194 e. The minimum absolute atomic E-state index is 0.217. The third-order valence-corrected chi connectivity index (χ3v) is 14.2. The number of para-hydroxylation sites is 6. The van der Waals surface area contributed by atoms with Crippen LogP contribution >= 0.6 is 23.5 Å². The Morgan fingerprint density at radius 1 is 0.696 bits per heavy atom. The van der Waals surface area contributed by atoms with Gasteiger partial charge in [-0.15, -0.1) is 11.8 Å². The molecule has 2 atom stereocenters. The van der Waals surface area contributed by atoms with Crippen LogP contribution < -0.4 is 24.9 Å². The van der Waals surface area contributed by atoms with Gasteiger partial charge in [0.2, 0.25) is 0 Å². The molecule has 0 fully saturated rings. The Kier molecular flexibility index (Phi) is 7.33. The molecule has 0 N–H and O–H groups in total. The van der Waals surface area contributed by atoms with E-state index in [4.69, 9.17) is 4.74 Å². The highest BCUT2D eigenvalue weighted by molar-refractivity contribution is 8.03. The number of ether oxygens (including phenoxy) is 1. The molecule has 1 radical (unpaired) electrons. The fraction of sp³-hybridized carbons (Fsp3) is 0.102. The molecule has 267 valence electrons. The average Bonchev–Trinajstić information content (AvgIpc) is 3.24. The van der Waals surface area contributed by atoms with Gasteiger partial charge in [-0.05, 0) is 115 Å². The molecule has 7 heteroatoms. The molecule has 4 nitrogen and oxygen atoms in total. The van der Waals surface area contributed by atoms with Crippen molar-refractivity contribution in [1.82, 2.24) is 0 Å². The maximum Gasteiger partial charge on any atom is 0.194 e. The van der Waals surface area contributed by atoms with E-state index in [2.05, 4.69) is 162 Å². The van der Waals surface area contributed by atoms with Crippen molar-refractivity contribution < 1.29 is 4.74 Å². The Hall–Kier alpha value is -5.76. The van der Waals surface area contributed by atoms with E-state index in [1.54, 1.807) is 0 Å². The molecular weight excluding hydrogens is 722 g/mol. The molecule has 6 aromatic rings. The topological polar surface area (TPSA) is 19.0 Å². The van der Waals surface area contributed by atoms with Crippen LogP contribution in [0.4, 0.5) is 39.8 Å². The Labute approximate surface area is 336 Å². The highest BCUT2D eigenvalue weighted by Gasteiger charge is 2.44. The van der Waals surface area contributed by atoms with E-state index < -0.39 is 0 Å². The summed E-state index contributed by atoms with van der Waals surface area (Å²) in [6.45, 7) is 2.26. The highest BCUT2D eigenvalue weighted by Crippen LogP contribution is 2.55. The maximum atomic E-state index is 6.34. The van der Waals surface area contributed by atoms with Gasteiger partial charge in [-0.25, -0.2) is 0 Å². The predicted molar refractivity (Wildman–Crippen MR) is 236 cm³/mol. The number of benzene rings is 6. The van der Waals surface area contributed by atoms with Gasteiger partial charge in [0.15, 0.2) is 18.8 Å². The average molecular weight is 757 g/mol. The number of aryl methyl sites for hydroxylation is 1. The fourth-order valence-electron chi connectivity index (χ4n) is 9.25. The predicted octanol–water partition coefficient (Wildman–Crippen LogP) is 12.8. The zero-order chi connectivity index (χ0) is 36.9. The number of allylic oxidation sites excluding steroid dienone is 5.